The van der Waals surface area contributed by atoms with Crippen LogP contribution in [0.15, 0.2) is 24.3 Å². The average molecular weight is 240 g/mol. The van der Waals surface area contributed by atoms with Gasteiger partial charge in [-0.1, -0.05) is 18.2 Å². The van der Waals surface area contributed by atoms with E-state index in [-0.39, 0.29) is 17.7 Å². The Morgan fingerprint density at radius 2 is 2.06 bits per heavy atom. The van der Waals surface area contributed by atoms with Crippen LogP contribution in [0.5, 0.6) is 0 Å². The van der Waals surface area contributed by atoms with E-state index in [1.807, 2.05) is 0 Å². The lowest BCUT2D eigenvalue weighted by molar-refractivity contribution is -0.385. The fourth-order valence-corrected chi connectivity index (χ4v) is 1.38. The lowest BCUT2D eigenvalue weighted by Crippen LogP contribution is -2.53. The molecule has 1 aromatic carbocycles. The Morgan fingerprint density at radius 3 is 2.53 bits per heavy atom. The Hall–Kier alpha value is -1.99. The van der Waals surface area contributed by atoms with Gasteiger partial charge in [0.25, 0.3) is 5.69 Å². The van der Waals surface area contributed by atoms with Gasteiger partial charge in [0.2, 0.25) is 0 Å². The molecule has 0 aliphatic heterocycles. The summed E-state index contributed by atoms with van der Waals surface area (Å²) in [5, 5.41) is 28.6. The van der Waals surface area contributed by atoms with Gasteiger partial charge in [-0.3, -0.25) is 14.9 Å². The molecular formula is C10H12N2O5. The first-order valence-electron chi connectivity index (χ1n) is 4.76. The predicted molar refractivity (Wildman–Crippen MR) is 58.4 cm³/mol. The highest BCUT2D eigenvalue weighted by Gasteiger charge is 2.35. The number of nitrogens with zero attached hydrogens (tertiary/aromatic N) is 1. The molecule has 0 amide bonds. The van der Waals surface area contributed by atoms with Crippen molar-refractivity contribution in [1.29, 1.82) is 0 Å². The first-order valence-corrected chi connectivity index (χ1v) is 4.76. The number of nitrogens with two attached hydrogens (primary N) is 1. The molecule has 4 N–H and O–H groups in total. The summed E-state index contributed by atoms with van der Waals surface area (Å²) < 4.78 is 0. The van der Waals surface area contributed by atoms with Gasteiger partial charge in [-0.2, -0.15) is 0 Å². The molecule has 0 aromatic heterocycles. The molecule has 0 fully saturated rings. The second-order valence-electron chi connectivity index (χ2n) is 3.68. The van der Waals surface area contributed by atoms with E-state index in [1.165, 1.54) is 18.2 Å². The molecule has 0 bridgehead atoms. The van der Waals surface area contributed by atoms with Crippen LogP contribution in [0.1, 0.15) is 5.56 Å². The summed E-state index contributed by atoms with van der Waals surface area (Å²) in [6.45, 7) is -0.797. The highest BCUT2D eigenvalue weighted by atomic mass is 16.6. The third-order valence-electron chi connectivity index (χ3n) is 2.40. The van der Waals surface area contributed by atoms with Gasteiger partial charge in [-0.25, -0.2) is 0 Å². The molecule has 1 aromatic rings. The number of hydrogen-bond acceptors (Lipinski definition) is 5. The minimum Gasteiger partial charge on any atom is -0.480 e. The summed E-state index contributed by atoms with van der Waals surface area (Å²) >= 11 is 0. The molecule has 0 aliphatic rings. The number of carbonyl (C=O) groups is 1. The van der Waals surface area contributed by atoms with Gasteiger partial charge in [0, 0.05) is 18.1 Å². The molecule has 0 aliphatic carbocycles. The average Bonchev–Trinajstić information content (AvgIpc) is 2.29. The number of benzene rings is 1. The number of aliphatic carboxylic acids is 1. The van der Waals surface area contributed by atoms with Crippen LogP contribution >= 0.6 is 0 Å². The molecule has 1 rings (SSSR count). The van der Waals surface area contributed by atoms with Crippen molar-refractivity contribution in [2.24, 2.45) is 5.73 Å². The Bertz CT molecular complexity index is 448. The monoisotopic (exact) mass is 240 g/mol. The standard InChI is InChI=1S/C10H12N2O5/c11-10(6-13,9(14)15)5-7-3-1-2-4-8(7)12(16)17/h1-4,13H,5-6,11H2,(H,14,15). The van der Waals surface area contributed by atoms with Crippen LogP contribution < -0.4 is 5.73 Å². The molecule has 1 unspecified atom stereocenters. The van der Waals surface area contributed by atoms with Gasteiger partial charge in [0.1, 0.15) is 5.54 Å². The topological polar surface area (TPSA) is 127 Å². The van der Waals surface area contributed by atoms with Gasteiger partial charge in [-0.05, 0) is 0 Å². The van der Waals surface area contributed by atoms with Crippen molar-refractivity contribution in [3.8, 4) is 0 Å². The van der Waals surface area contributed by atoms with Gasteiger partial charge in [-0.15, -0.1) is 0 Å². The zero-order valence-electron chi connectivity index (χ0n) is 8.87. The summed E-state index contributed by atoms with van der Waals surface area (Å²) in [5.41, 5.74) is 3.52. The van der Waals surface area contributed by atoms with Gasteiger partial charge in [0.05, 0.1) is 11.5 Å². The van der Waals surface area contributed by atoms with E-state index in [0.29, 0.717) is 0 Å². The lowest BCUT2D eigenvalue weighted by Gasteiger charge is -2.21. The van der Waals surface area contributed by atoms with E-state index in [1.54, 1.807) is 6.07 Å². The molecule has 0 saturated carbocycles. The maximum absolute atomic E-state index is 10.9. The number of carboxylic acid groups (broad SMARTS) is 1. The number of nitro groups is 1. The number of nitro benzene ring substituents is 1. The first-order chi connectivity index (χ1) is 7.90. The molecular weight excluding hydrogens is 228 g/mol. The number of carboxylic acids is 1. The zero-order valence-corrected chi connectivity index (χ0v) is 8.87. The van der Waals surface area contributed by atoms with Gasteiger partial charge >= 0.3 is 5.97 Å². The van der Waals surface area contributed by atoms with Crippen LogP contribution in [-0.2, 0) is 11.2 Å². The van der Waals surface area contributed by atoms with Crippen molar-refractivity contribution >= 4 is 11.7 Å². The van der Waals surface area contributed by atoms with Crippen molar-refractivity contribution in [1.82, 2.24) is 0 Å². The van der Waals surface area contributed by atoms with Crippen molar-refractivity contribution in [2.75, 3.05) is 6.61 Å². The Balaban J connectivity index is 3.10. The summed E-state index contributed by atoms with van der Waals surface area (Å²) in [5.74, 6) is -1.40. The highest BCUT2D eigenvalue weighted by molar-refractivity contribution is 5.79. The molecule has 17 heavy (non-hydrogen) atoms. The maximum atomic E-state index is 10.9. The quantitative estimate of drug-likeness (QED) is 0.487. The number of para-hydroxylation sites is 1. The second-order valence-corrected chi connectivity index (χ2v) is 3.68. The van der Waals surface area contributed by atoms with Gasteiger partial charge < -0.3 is 15.9 Å². The molecule has 7 heteroatoms. The lowest BCUT2D eigenvalue weighted by atomic mass is 9.92. The second kappa shape index (κ2) is 4.89. The molecule has 0 heterocycles. The van der Waals surface area contributed by atoms with Crippen LogP contribution in [-0.4, -0.2) is 33.3 Å². The fraction of sp³-hybridized carbons (Fsp3) is 0.300. The molecule has 7 nitrogen and oxygen atoms in total. The number of aliphatic hydroxyl groups excluding tert-OH is 1. The van der Waals surface area contributed by atoms with Crippen LogP contribution in [0.25, 0.3) is 0 Å². The number of rotatable bonds is 5. The van der Waals surface area contributed by atoms with Crippen molar-refractivity contribution in [2.45, 2.75) is 12.0 Å². The van der Waals surface area contributed by atoms with Crippen molar-refractivity contribution in [3.63, 3.8) is 0 Å². The van der Waals surface area contributed by atoms with Gasteiger partial charge in [0.15, 0.2) is 0 Å². The molecule has 0 radical (unpaired) electrons. The third kappa shape index (κ3) is 2.77. The van der Waals surface area contributed by atoms with E-state index in [0.717, 1.165) is 0 Å². The van der Waals surface area contributed by atoms with Crippen LogP contribution in [0.4, 0.5) is 5.69 Å². The number of aliphatic hydroxyl groups is 1. The summed E-state index contributed by atoms with van der Waals surface area (Å²) in [6.07, 6.45) is -0.310. The molecule has 92 valence electrons. The summed E-state index contributed by atoms with van der Waals surface area (Å²) in [4.78, 5) is 21.0. The fourth-order valence-electron chi connectivity index (χ4n) is 1.38. The minimum absolute atomic E-state index is 0.177. The van der Waals surface area contributed by atoms with Crippen LogP contribution in [0, 0.1) is 10.1 Å². The Kier molecular flexibility index (Phi) is 3.77. The largest absolute Gasteiger partial charge is 0.480 e. The van der Waals surface area contributed by atoms with E-state index >= 15 is 0 Å². The summed E-state index contributed by atoms with van der Waals surface area (Å²) in [7, 11) is 0. The minimum atomic E-state index is -1.91. The molecule has 0 saturated heterocycles. The molecule has 0 spiro atoms. The Labute approximate surface area is 96.6 Å². The Morgan fingerprint density at radius 1 is 1.47 bits per heavy atom. The SMILES string of the molecule is NC(CO)(Cc1ccccc1[N+](=O)[O-])C(=O)O. The smallest absolute Gasteiger partial charge is 0.326 e. The number of hydrogen-bond donors (Lipinski definition) is 3. The molecule has 1 atom stereocenters. The van der Waals surface area contributed by atoms with E-state index in [9.17, 15) is 14.9 Å². The van der Waals surface area contributed by atoms with E-state index in [4.69, 9.17) is 15.9 Å². The van der Waals surface area contributed by atoms with Crippen LogP contribution in [0.2, 0.25) is 0 Å². The zero-order chi connectivity index (χ0) is 13.1. The van der Waals surface area contributed by atoms with Crippen molar-refractivity contribution < 1.29 is 19.9 Å². The van der Waals surface area contributed by atoms with E-state index in [2.05, 4.69) is 0 Å². The summed E-state index contributed by atoms with van der Waals surface area (Å²) in [6, 6.07) is 5.69. The predicted octanol–water partition coefficient (Wildman–Crippen LogP) is -0.0883. The highest BCUT2D eigenvalue weighted by Crippen LogP contribution is 2.22. The first kappa shape index (κ1) is 13.1. The van der Waals surface area contributed by atoms with E-state index < -0.39 is 23.0 Å². The normalized spacial score (nSPS) is 14.0. The third-order valence-corrected chi connectivity index (χ3v) is 2.40. The van der Waals surface area contributed by atoms with Crippen LogP contribution in [0.3, 0.4) is 0 Å². The van der Waals surface area contributed by atoms with Crippen molar-refractivity contribution in [3.05, 3.63) is 39.9 Å². The maximum Gasteiger partial charge on any atom is 0.326 e.